The molecule has 1 aromatic heterocycles. The topological polar surface area (TPSA) is 210 Å². The summed E-state index contributed by atoms with van der Waals surface area (Å²) in [4.78, 5) is 55.4. The molecule has 2 aromatic rings. The number of aryl methyl sites for hydroxylation is 1. The molecule has 18 atom stereocenters. The summed E-state index contributed by atoms with van der Waals surface area (Å²) in [5, 5.41) is 28.8. The number of cyclic esters (lactones) is 1. The predicted molar refractivity (Wildman–Crippen MR) is 255 cm³/mol. The van der Waals surface area contributed by atoms with Crippen LogP contribution in [0.15, 0.2) is 41.6 Å². The summed E-state index contributed by atoms with van der Waals surface area (Å²) >= 11 is 0. The molecule has 4 fully saturated rings. The Balaban J connectivity index is 1.45. The number of fused-ring (bicyclic) bond motifs is 1. The summed E-state index contributed by atoms with van der Waals surface area (Å²) in [6, 6.07) is 8.17. The number of hydrogen-bond acceptors (Lipinski definition) is 17. The second kappa shape index (κ2) is 21.8. The standard InChI is InChI=1S/C51H77N5O13/c1-16-37-51(11)42(56(48(61)69-51)53-26-35-25-52-45(54-32(35)7)34-20-18-17-19-21-34)29(4)39(57)27(2)23-50(10,63-15)44(68-47-40(58)36(55(12)13)22-28(3)64-47)30(5)41(31(6)46(60)66-37)67-38-24-49(9,62-14)43(59)33(8)65-38/h17-21,25-31,33,36-38,40-44,47,58-59H,16,22-24H2,1-15H3/t27-,28?,29+,30+,31-,33?,36?,37-,38?,40?,41+,42-,43?,44-,47?,49?,50-,51-/m1/s1. The molecule has 384 valence electrons. The zero-order valence-corrected chi connectivity index (χ0v) is 43.2. The van der Waals surface area contributed by atoms with Crippen molar-refractivity contribution in [1.29, 1.82) is 0 Å². The number of aliphatic hydroxyl groups is 2. The minimum atomic E-state index is -1.58. The molecular weight excluding hydrogens is 891 g/mol. The number of ketones is 1. The van der Waals surface area contributed by atoms with Gasteiger partial charge in [-0.2, -0.15) is 10.1 Å². The first-order chi connectivity index (χ1) is 32.4. The van der Waals surface area contributed by atoms with Gasteiger partial charge in [0.1, 0.15) is 30.1 Å². The van der Waals surface area contributed by atoms with Crippen LogP contribution in [0, 0.1) is 30.6 Å². The van der Waals surface area contributed by atoms with E-state index >= 15 is 4.79 Å². The smallest absolute Gasteiger partial charge is 0.431 e. The van der Waals surface area contributed by atoms with Gasteiger partial charge in [0.2, 0.25) is 0 Å². The molecule has 18 heteroatoms. The van der Waals surface area contributed by atoms with Gasteiger partial charge in [-0.1, -0.05) is 58.0 Å². The zero-order chi connectivity index (χ0) is 50.9. The molecule has 4 saturated heterocycles. The normalized spacial score (nSPS) is 40.6. The summed E-state index contributed by atoms with van der Waals surface area (Å²) in [5.41, 5.74) is -1.97. The quantitative estimate of drug-likeness (QED) is 0.204. The number of benzene rings is 1. The first-order valence-electron chi connectivity index (χ1n) is 24.4. The Labute approximate surface area is 407 Å². The van der Waals surface area contributed by atoms with Gasteiger partial charge in [0.15, 0.2) is 24.0 Å². The van der Waals surface area contributed by atoms with Crippen LogP contribution in [0.5, 0.6) is 0 Å². The van der Waals surface area contributed by atoms with Gasteiger partial charge in [0.25, 0.3) is 0 Å². The number of carbonyl (C=O) groups excluding carboxylic acids is 3. The van der Waals surface area contributed by atoms with Gasteiger partial charge in [-0.3, -0.25) is 9.59 Å². The average molecular weight is 968 g/mol. The predicted octanol–water partition coefficient (Wildman–Crippen LogP) is 5.71. The van der Waals surface area contributed by atoms with Crippen molar-refractivity contribution in [3.63, 3.8) is 0 Å². The number of nitrogens with zero attached hydrogens (tertiary/aromatic N) is 5. The number of hydrazone groups is 1. The summed E-state index contributed by atoms with van der Waals surface area (Å²) in [6.07, 6.45) is -5.10. The lowest BCUT2D eigenvalue weighted by Crippen LogP contribution is -2.61. The molecule has 18 nitrogen and oxygen atoms in total. The third-order valence-electron chi connectivity index (χ3n) is 15.4. The van der Waals surface area contributed by atoms with Crippen molar-refractivity contribution in [2.45, 2.75) is 186 Å². The molecule has 0 aliphatic carbocycles. The van der Waals surface area contributed by atoms with Gasteiger partial charge < -0.3 is 53.0 Å². The number of likely N-dealkylation sites (N-methyl/N-ethyl adjacent to an activating group) is 1. The number of carbonyl (C=O) groups is 3. The molecule has 5 heterocycles. The highest BCUT2D eigenvalue weighted by atomic mass is 16.7. The molecule has 8 unspecified atom stereocenters. The molecule has 4 aliphatic rings. The van der Waals surface area contributed by atoms with Crippen LogP contribution in [0.1, 0.15) is 106 Å². The van der Waals surface area contributed by atoms with Crippen LogP contribution in [0.3, 0.4) is 0 Å². The molecule has 69 heavy (non-hydrogen) atoms. The van der Waals surface area contributed by atoms with Crippen LogP contribution >= 0.6 is 0 Å². The highest BCUT2D eigenvalue weighted by Crippen LogP contribution is 2.45. The second-order valence-electron chi connectivity index (χ2n) is 20.6. The lowest BCUT2D eigenvalue weighted by atomic mass is 9.73. The molecule has 0 saturated carbocycles. The third kappa shape index (κ3) is 11.1. The maximum Gasteiger partial charge on any atom is 0.431 e. The van der Waals surface area contributed by atoms with E-state index in [1.165, 1.54) is 20.4 Å². The number of ether oxygens (including phenoxy) is 8. The van der Waals surface area contributed by atoms with E-state index in [0.717, 1.165) is 10.6 Å². The van der Waals surface area contributed by atoms with Crippen LogP contribution in [0.2, 0.25) is 0 Å². The van der Waals surface area contributed by atoms with Crippen molar-refractivity contribution in [2.24, 2.45) is 28.8 Å². The van der Waals surface area contributed by atoms with E-state index in [1.807, 2.05) is 83.9 Å². The monoisotopic (exact) mass is 968 g/mol. The number of esters is 1. The fourth-order valence-electron chi connectivity index (χ4n) is 11.1. The maximum absolute atomic E-state index is 15.1. The molecule has 0 bridgehead atoms. The lowest BCUT2D eigenvalue weighted by Gasteiger charge is -2.50. The van der Waals surface area contributed by atoms with Crippen molar-refractivity contribution in [1.82, 2.24) is 19.9 Å². The number of aliphatic hydroxyl groups excluding tert-OH is 2. The summed E-state index contributed by atoms with van der Waals surface area (Å²) in [5.74, 6) is -3.83. The van der Waals surface area contributed by atoms with E-state index in [9.17, 15) is 19.8 Å². The maximum atomic E-state index is 15.1. The van der Waals surface area contributed by atoms with Crippen LogP contribution in [0.4, 0.5) is 4.79 Å². The Morgan fingerprint density at radius 1 is 0.928 bits per heavy atom. The SMILES string of the molecule is CC[C@H]1OC(=O)[C@H](C)[C@@H](OC2CC(C)(OC)C(O)C(C)O2)[C@H](C)[C@@H](OC2OC(C)CC(N(C)C)C2O)[C@](C)(OC)C[C@@H](C)C(=O)[C@H](C)[C@H]2N(N=Cc3cnc(-c4ccccc4)nc3C)C(=O)O[C@]12C. The fourth-order valence-corrected chi connectivity index (χ4v) is 11.1. The minimum absolute atomic E-state index is 0.0939. The Morgan fingerprint density at radius 3 is 2.20 bits per heavy atom. The summed E-state index contributed by atoms with van der Waals surface area (Å²) < 4.78 is 51.5. The number of rotatable bonds is 11. The average Bonchev–Trinajstić information content (AvgIpc) is 3.58. The van der Waals surface area contributed by atoms with Crippen molar-refractivity contribution < 1.29 is 62.5 Å². The van der Waals surface area contributed by atoms with Gasteiger partial charge in [0, 0.05) is 61.8 Å². The molecule has 1 amide bonds. The zero-order valence-electron chi connectivity index (χ0n) is 43.2. The van der Waals surface area contributed by atoms with Gasteiger partial charge in [-0.05, 0) is 81.8 Å². The number of hydrogen-bond donors (Lipinski definition) is 2. The Bertz CT molecular complexity index is 2130. The van der Waals surface area contributed by atoms with Crippen LogP contribution in [0.25, 0.3) is 11.4 Å². The largest absolute Gasteiger partial charge is 0.458 e. The molecule has 0 radical (unpaired) electrons. The highest BCUT2D eigenvalue weighted by Gasteiger charge is 2.61. The highest BCUT2D eigenvalue weighted by molar-refractivity contribution is 5.86. The third-order valence-corrected chi connectivity index (χ3v) is 15.4. The fraction of sp³-hybridized carbons (Fsp3) is 0.725. The molecule has 6 rings (SSSR count). The van der Waals surface area contributed by atoms with Crippen LogP contribution in [-0.4, -0.2) is 167 Å². The number of methoxy groups -OCH3 is 2. The first kappa shape index (κ1) is 54.4. The molecule has 0 spiro atoms. The van der Waals surface area contributed by atoms with Crippen molar-refractivity contribution >= 4 is 24.1 Å². The Kier molecular flexibility index (Phi) is 17.2. The molecule has 1 aromatic carbocycles. The van der Waals surface area contributed by atoms with E-state index in [1.54, 1.807) is 47.7 Å². The van der Waals surface area contributed by atoms with Gasteiger partial charge >= 0.3 is 12.1 Å². The van der Waals surface area contributed by atoms with E-state index in [4.69, 9.17) is 37.9 Å². The second-order valence-corrected chi connectivity index (χ2v) is 20.6. The molecule has 4 aliphatic heterocycles. The van der Waals surface area contributed by atoms with E-state index in [0.29, 0.717) is 23.5 Å². The van der Waals surface area contributed by atoms with Crippen molar-refractivity contribution in [3.8, 4) is 11.4 Å². The number of Topliss-reactive ketones (excluding diaryl/α,β-unsaturated/α-hetero) is 1. The van der Waals surface area contributed by atoms with Gasteiger partial charge in [-0.25, -0.2) is 14.8 Å². The van der Waals surface area contributed by atoms with E-state index < -0.39 is 108 Å². The summed E-state index contributed by atoms with van der Waals surface area (Å²) in [6.45, 7) is 19.6. The van der Waals surface area contributed by atoms with Gasteiger partial charge in [-0.15, -0.1) is 0 Å². The number of aromatic nitrogens is 2. The lowest BCUT2D eigenvalue weighted by molar-refractivity contribution is -0.319. The Morgan fingerprint density at radius 2 is 1.59 bits per heavy atom. The van der Waals surface area contributed by atoms with Gasteiger partial charge in [0.05, 0.1) is 53.4 Å². The van der Waals surface area contributed by atoms with Crippen molar-refractivity contribution in [3.05, 3.63) is 47.8 Å². The number of amides is 1. The summed E-state index contributed by atoms with van der Waals surface area (Å²) in [7, 11) is 6.81. The van der Waals surface area contributed by atoms with Crippen molar-refractivity contribution in [2.75, 3.05) is 28.3 Å². The molecule has 2 N–H and O–H groups in total. The minimum Gasteiger partial charge on any atom is -0.458 e. The Hall–Kier alpha value is -3.98. The van der Waals surface area contributed by atoms with Crippen LogP contribution < -0.4 is 0 Å². The van der Waals surface area contributed by atoms with E-state index in [-0.39, 0.29) is 37.2 Å². The van der Waals surface area contributed by atoms with Crippen LogP contribution in [-0.2, 0) is 47.5 Å². The first-order valence-corrected chi connectivity index (χ1v) is 24.4. The van der Waals surface area contributed by atoms with E-state index in [2.05, 4.69) is 15.1 Å². The molecular formula is C51H77N5O13.